The molecule has 0 aliphatic carbocycles. The molecule has 0 atom stereocenters. The number of aryl methyl sites for hydroxylation is 1. The number of aromatic nitrogens is 1. The van der Waals surface area contributed by atoms with Crippen LogP contribution in [0.15, 0.2) is 77.6 Å². The number of anilines is 1. The predicted octanol–water partition coefficient (Wildman–Crippen LogP) is 5.78. The highest BCUT2D eigenvalue weighted by Gasteiger charge is 2.17. The van der Waals surface area contributed by atoms with Gasteiger partial charge in [0.2, 0.25) is 0 Å². The smallest absolute Gasteiger partial charge is 0.322 e. The molecule has 4 rings (SSSR count). The summed E-state index contributed by atoms with van der Waals surface area (Å²) in [5, 5.41) is 4.34. The minimum Gasteiger partial charge on any atom is -0.497 e. The monoisotopic (exact) mass is 475 g/mol. The second-order valence-corrected chi connectivity index (χ2v) is 8.61. The van der Waals surface area contributed by atoms with E-state index in [9.17, 15) is 9.59 Å². The molecule has 0 aliphatic heterocycles. The van der Waals surface area contributed by atoms with Crippen LogP contribution in [0.5, 0.6) is 5.75 Å². The van der Waals surface area contributed by atoms with E-state index in [0.717, 1.165) is 16.5 Å². The van der Waals surface area contributed by atoms with Crippen LogP contribution in [-0.2, 0) is 13.0 Å². The summed E-state index contributed by atoms with van der Waals surface area (Å²) in [6, 6.07) is 22.1. The van der Waals surface area contributed by atoms with Gasteiger partial charge in [-0.1, -0.05) is 41.4 Å². The van der Waals surface area contributed by atoms with Crippen molar-refractivity contribution in [2.45, 2.75) is 19.9 Å². The second-order valence-electron chi connectivity index (χ2n) is 8.17. The number of hydrogen-bond donors (Lipinski definition) is 2. The van der Waals surface area contributed by atoms with Gasteiger partial charge >= 0.3 is 6.03 Å². The Morgan fingerprint density at radius 1 is 1.06 bits per heavy atom. The molecular formula is C27H26ClN3O3. The van der Waals surface area contributed by atoms with Gasteiger partial charge in [0, 0.05) is 33.7 Å². The minimum atomic E-state index is -0.292. The highest BCUT2D eigenvalue weighted by atomic mass is 35.5. The van der Waals surface area contributed by atoms with Gasteiger partial charge in [-0.2, -0.15) is 0 Å². The zero-order chi connectivity index (χ0) is 24.1. The highest BCUT2D eigenvalue weighted by molar-refractivity contribution is 6.30. The maximum absolute atomic E-state index is 13.2. The molecule has 0 fully saturated rings. The fourth-order valence-electron chi connectivity index (χ4n) is 3.80. The molecule has 1 heterocycles. The molecule has 0 saturated heterocycles. The van der Waals surface area contributed by atoms with Crippen molar-refractivity contribution in [1.29, 1.82) is 0 Å². The SMILES string of the molecule is COc1ccc2[nH]c(=O)c(CN(CCc3cccc(C)c3)C(=O)Nc3ccc(Cl)cc3)cc2c1. The van der Waals surface area contributed by atoms with E-state index in [-0.39, 0.29) is 18.1 Å². The Labute approximate surface area is 203 Å². The minimum absolute atomic E-state index is 0.160. The van der Waals surface area contributed by atoms with Crippen molar-refractivity contribution in [3.8, 4) is 5.75 Å². The number of carbonyl (C=O) groups is 1. The van der Waals surface area contributed by atoms with E-state index in [0.29, 0.717) is 40.5 Å². The molecule has 3 aromatic carbocycles. The summed E-state index contributed by atoms with van der Waals surface area (Å²) in [6.45, 7) is 2.64. The summed E-state index contributed by atoms with van der Waals surface area (Å²) in [5.74, 6) is 0.697. The number of rotatable bonds is 7. The average molecular weight is 476 g/mol. The highest BCUT2D eigenvalue weighted by Crippen LogP contribution is 2.20. The molecule has 0 spiro atoms. The molecule has 0 bridgehead atoms. The van der Waals surface area contributed by atoms with E-state index < -0.39 is 0 Å². The summed E-state index contributed by atoms with van der Waals surface area (Å²) < 4.78 is 5.31. The fourth-order valence-corrected chi connectivity index (χ4v) is 3.93. The zero-order valence-corrected chi connectivity index (χ0v) is 19.9. The summed E-state index contributed by atoms with van der Waals surface area (Å²) in [5.41, 5.74) is 3.91. The van der Waals surface area contributed by atoms with Gasteiger partial charge in [0.15, 0.2) is 0 Å². The normalized spacial score (nSPS) is 10.8. The van der Waals surface area contributed by atoms with Crippen molar-refractivity contribution in [3.63, 3.8) is 0 Å². The Hall–Kier alpha value is -3.77. The van der Waals surface area contributed by atoms with Crippen molar-refractivity contribution < 1.29 is 9.53 Å². The summed E-state index contributed by atoms with van der Waals surface area (Å²) in [6.07, 6.45) is 0.662. The lowest BCUT2D eigenvalue weighted by Gasteiger charge is -2.23. The zero-order valence-electron chi connectivity index (χ0n) is 19.1. The molecule has 6 nitrogen and oxygen atoms in total. The van der Waals surface area contributed by atoms with E-state index in [2.05, 4.69) is 16.4 Å². The number of ether oxygens (including phenoxy) is 1. The number of nitrogens with zero attached hydrogens (tertiary/aromatic N) is 1. The number of carbonyl (C=O) groups excluding carboxylic acids is 1. The number of benzene rings is 3. The lowest BCUT2D eigenvalue weighted by atomic mass is 10.1. The molecule has 1 aromatic heterocycles. The Balaban J connectivity index is 1.61. The maximum Gasteiger partial charge on any atom is 0.322 e. The van der Waals surface area contributed by atoms with Crippen LogP contribution in [-0.4, -0.2) is 29.6 Å². The van der Waals surface area contributed by atoms with Gasteiger partial charge < -0.3 is 19.9 Å². The van der Waals surface area contributed by atoms with E-state index in [1.807, 2.05) is 43.3 Å². The summed E-state index contributed by atoms with van der Waals surface area (Å²) in [4.78, 5) is 30.6. The van der Waals surface area contributed by atoms with Crippen LogP contribution >= 0.6 is 11.6 Å². The summed E-state index contributed by atoms with van der Waals surface area (Å²) in [7, 11) is 1.60. The fraction of sp³-hybridized carbons (Fsp3) is 0.185. The first-order chi connectivity index (χ1) is 16.4. The topological polar surface area (TPSA) is 74.4 Å². The van der Waals surface area contributed by atoms with E-state index >= 15 is 0 Å². The number of fused-ring (bicyclic) bond motifs is 1. The van der Waals surface area contributed by atoms with Crippen molar-refractivity contribution >= 4 is 34.2 Å². The Morgan fingerprint density at radius 2 is 1.85 bits per heavy atom. The Bertz CT molecular complexity index is 1370. The third-order valence-electron chi connectivity index (χ3n) is 5.63. The standard InChI is InChI=1S/C27H26ClN3O3/c1-18-4-3-5-19(14-18)12-13-31(27(33)29-23-8-6-22(28)7-9-23)17-21-15-20-16-24(34-2)10-11-25(20)30-26(21)32/h3-11,14-16H,12-13,17H2,1-2H3,(H,29,33)(H,30,32). The first-order valence-electron chi connectivity index (χ1n) is 11.0. The number of hydrogen-bond acceptors (Lipinski definition) is 3. The first-order valence-corrected chi connectivity index (χ1v) is 11.4. The van der Waals surface area contributed by atoms with Crippen LogP contribution in [0.1, 0.15) is 16.7 Å². The number of halogens is 1. The first kappa shape index (κ1) is 23.4. The van der Waals surface area contributed by atoms with Crippen molar-refractivity contribution in [2.24, 2.45) is 0 Å². The molecule has 0 aliphatic rings. The maximum atomic E-state index is 13.2. The van der Waals surface area contributed by atoms with Crippen molar-refractivity contribution in [2.75, 3.05) is 19.0 Å². The molecular weight excluding hydrogens is 450 g/mol. The number of aromatic amines is 1. The number of methoxy groups -OCH3 is 1. The third-order valence-corrected chi connectivity index (χ3v) is 5.88. The van der Waals surface area contributed by atoms with Gasteiger partial charge in [0.05, 0.1) is 13.7 Å². The van der Waals surface area contributed by atoms with Crippen molar-refractivity contribution in [1.82, 2.24) is 9.88 Å². The second kappa shape index (κ2) is 10.4. The Kier molecular flexibility index (Phi) is 7.18. The lowest BCUT2D eigenvalue weighted by Crippen LogP contribution is -2.37. The van der Waals surface area contributed by atoms with Crippen molar-refractivity contribution in [3.05, 3.63) is 105 Å². The summed E-state index contributed by atoms with van der Waals surface area (Å²) >= 11 is 5.96. The molecule has 0 saturated carbocycles. The molecule has 174 valence electrons. The molecule has 2 N–H and O–H groups in total. The van der Waals surface area contributed by atoms with E-state index in [1.165, 1.54) is 0 Å². The van der Waals surface area contributed by atoms with Gasteiger partial charge in [-0.05, 0) is 67.4 Å². The van der Waals surface area contributed by atoms with Crippen LogP contribution in [0.25, 0.3) is 10.9 Å². The van der Waals surface area contributed by atoms with Gasteiger partial charge in [-0.3, -0.25) is 4.79 Å². The van der Waals surface area contributed by atoms with Crippen LogP contribution in [0.4, 0.5) is 10.5 Å². The molecule has 2 amide bonds. The van der Waals surface area contributed by atoms with Gasteiger partial charge in [-0.15, -0.1) is 0 Å². The van der Waals surface area contributed by atoms with Crippen LogP contribution in [0.3, 0.4) is 0 Å². The number of H-pyrrole nitrogens is 1. The lowest BCUT2D eigenvalue weighted by molar-refractivity contribution is 0.209. The van der Waals surface area contributed by atoms with Crippen LogP contribution in [0, 0.1) is 6.92 Å². The average Bonchev–Trinajstić information content (AvgIpc) is 2.83. The number of amides is 2. The molecule has 7 heteroatoms. The third kappa shape index (κ3) is 5.77. The van der Waals surface area contributed by atoms with Gasteiger partial charge in [-0.25, -0.2) is 4.79 Å². The molecule has 0 radical (unpaired) electrons. The number of pyridine rings is 1. The van der Waals surface area contributed by atoms with Gasteiger partial charge in [0.1, 0.15) is 5.75 Å². The Morgan fingerprint density at radius 3 is 2.59 bits per heavy atom. The van der Waals surface area contributed by atoms with Crippen LogP contribution in [0.2, 0.25) is 5.02 Å². The quantitative estimate of drug-likeness (QED) is 0.356. The predicted molar refractivity (Wildman–Crippen MR) is 137 cm³/mol. The largest absolute Gasteiger partial charge is 0.497 e. The molecule has 34 heavy (non-hydrogen) atoms. The van der Waals surface area contributed by atoms with Gasteiger partial charge in [0.25, 0.3) is 5.56 Å². The molecule has 4 aromatic rings. The van der Waals surface area contributed by atoms with E-state index in [4.69, 9.17) is 16.3 Å². The number of nitrogens with one attached hydrogen (secondary N) is 2. The van der Waals surface area contributed by atoms with Crippen LogP contribution < -0.4 is 15.6 Å². The van der Waals surface area contributed by atoms with E-state index in [1.54, 1.807) is 42.3 Å². The molecule has 0 unspecified atom stereocenters. The number of urea groups is 1.